The first-order chi connectivity index (χ1) is 17.6. The van der Waals surface area contributed by atoms with Crippen molar-refractivity contribution in [2.24, 2.45) is 0 Å². The van der Waals surface area contributed by atoms with Gasteiger partial charge in [0.05, 0.1) is 31.8 Å². The zero-order chi connectivity index (χ0) is 25.0. The Morgan fingerprint density at radius 1 is 0.865 bits per heavy atom. The van der Waals surface area contributed by atoms with E-state index in [1.807, 2.05) is 60.7 Å². The van der Waals surface area contributed by atoms with Gasteiger partial charge in [0.25, 0.3) is 0 Å². The Hall–Kier alpha value is -2.61. The summed E-state index contributed by atoms with van der Waals surface area (Å²) in [5, 5.41) is 0. The number of ether oxygens (including phenoxy) is 4. The Morgan fingerprint density at radius 3 is 1.92 bits per heavy atom. The van der Waals surface area contributed by atoms with Crippen molar-refractivity contribution < 1.29 is 45.4 Å². The molecule has 3 saturated heterocycles. The van der Waals surface area contributed by atoms with Crippen molar-refractivity contribution in [1.82, 2.24) is 0 Å². The van der Waals surface area contributed by atoms with Crippen molar-refractivity contribution in [3.8, 4) is 0 Å². The number of halogens is 1. The van der Waals surface area contributed by atoms with Crippen LogP contribution in [0.25, 0.3) is 0 Å². The van der Waals surface area contributed by atoms with Gasteiger partial charge in [0, 0.05) is 38.5 Å². The SMILES string of the molecule is CCOC(=O)OCOC(C(=O)OC1CC2CCC(C1)[N+]21CCCC1)(c1ccccc1)c1ccccc1.[Cl-]. The van der Waals surface area contributed by atoms with E-state index in [0.29, 0.717) is 23.2 Å². The molecule has 8 heteroatoms. The van der Waals surface area contributed by atoms with E-state index in [9.17, 15) is 9.59 Å². The third-order valence-electron chi connectivity index (χ3n) is 8.39. The first-order valence-corrected chi connectivity index (χ1v) is 13.2. The average molecular weight is 530 g/mol. The van der Waals surface area contributed by atoms with E-state index >= 15 is 0 Å². The van der Waals surface area contributed by atoms with E-state index in [1.54, 1.807) is 6.92 Å². The maximum absolute atomic E-state index is 14.2. The van der Waals surface area contributed by atoms with E-state index in [4.69, 9.17) is 18.9 Å². The number of nitrogens with zero attached hydrogens (tertiary/aromatic N) is 1. The monoisotopic (exact) mass is 529 g/mol. The molecule has 0 aliphatic carbocycles. The molecule has 0 saturated carbocycles. The minimum absolute atomic E-state index is 0. The van der Waals surface area contributed by atoms with E-state index in [2.05, 4.69) is 0 Å². The van der Waals surface area contributed by atoms with Crippen LogP contribution in [0.4, 0.5) is 4.79 Å². The standard InChI is InChI=1S/C29H36NO6.ClH/c1-2-33-28(32)34-21-35-29(22-11-5-3-6-12-22,23-13-7-4-8-14-23)27(31)36-26-19-24-15-16-25(20-26)30(24)17-9-10-18-30;/h3-8,11-14,24-26H,2,9-10,15-21H2,1H3;1H/q+1;/p-1. The number of benzene rings is 2. The van der Waals surface area contributed by atoms with Crippen LogP contribution in [0, 0.1) is 0 Å². The van der Waals surface area contributed by atoms with Gasteiger partial charge in [-0.15, -0.1) is 0 Å². The van der Waals surface area contributed by atoms with Crippen molar-refractivity contribution in [3.05, 3.63) is 71.8 Å². The van der Waals surface area contributed by atoms with Crippen LogP contribution in [0.15, 0.2) is 60.7 Å². The van der Waals surface area contributed by atoms with E-state index in [1.165, 1.54) is 43.3 Å². The van der Waals surface area contributed by atoms with Crippen molar-refractivity contribution in [1.29, 1.82) is 0 Å². The number of carbonyl (C=O) groups is 2. The number of hydrogen-bond donors (Lipinski definition) is 0. The molecule has 3 fully saturated rings. The Morgan fingerprint density at radius 2 is 1.41 bits per heavy atom. The zero-order valence-electron chi connectivity index (χ0n) is 21.4. The molecule has 0 aromatic heterocycles. The van der Waals surface area contributed by atoms with Crippen LogP contribution in [-0.4, -0.2) is 61.3 Å². The summed E-state index contributed by atoms with van der Waals surface area (Å²) in [4.78, 5) is 26.0. The van der Waals surface area contributed by atoms with Crippen molar-refractivity contribution in [2.45, 2.75) is 69.2 Å². The van der Waals surface area contributed by atoms with Gasteiger partial charge in [0.15, 0.2) is 6.79 Å². The van der Waals surface area contributed by atoms with Crippen LogP contribution >= 0.6 is 0 Å². The Kier molecular flexibility index (Phi) is 8.78. The van der Waals surface area contributed by atoms with Crippen LogP contribution in [0.3, 0.4) is 0 Å². The van der Waals surface area contributed by atoms with Gasteiger partial charge >= 0.3 is 12.1 Å². The maximum Gasteiger partial charge on any atom is 0.510 e. The summed E-state index contributed by atoms with van der Waals surface area (Å²) in [6.45, 7) is 3.97. The molecule has 5 rings (SSSR count). The highest BCUT2D eigenvalue weighted by Gasteiger charge is 2.56. The van der Waals surface area contributed by atoms with Gasteiger partial charge in [-0.3, -0.25) is 0 Å². The van der Waals surface area contributed by atoms with Crippen molar-refractivity contribution >= 4 is 12.1 Å². The van der Waals surface area contributed by atoms with Crippen LogP contribution in [0.1, 0.15) is 56.6 Å². The molecule has 2 aromatic rings. The van der Waals surface area contributed by atoms with Gasteiger partial charge in [-0.25, -0.2) is 9.59 Å². The third kappa shape index (κ3) is 5.22. The fraction of sp³-hybridized carbons (Fsp3) is 0.517. The van der Waals surface area contributed by atoms with Crippen LogP contribution in [-0.2, 0) is 29.3 Å². The molecule has 2 aromatic carbocycles. The molecule has 3 aliphatic rings. The Bertz CT molecular complexity index is 987. The summed E-state index contributed by atoms with van der Waals surface area (Å²) < 4.78 is 23.7. The van der Waals surface area contributed by atoms with E-state index in [-0.39, 0.29) is 25.1 Å². The lowest BCUT2D eigenvalue weighted by Gasteiger charge is -2.47. The lowest BCUT2D eigenvalue weighted by Crippen LogP contribution is -3.00. The molecule has 200 valence electrons. The summed E-state index contributed by atoms with van der Waals surface area (Å²) in [6, 6.07) is 19.7. The fourth-order valence-corrected chi connectivity index (χ4v) is 6.84. The van der Waals surface area contributed by atoms with Gasteiger partial charge in [-0.05, 0) is 18.1 Å². The number of hydrogen-bond acceptors (Lipinski definition) is 6. The predicted molar refractivity (Wildman–Crippen MR) is 133 cm³/mol. The van der Waals surface area contributed by atoms with E-state index < -0.39 is 24.5 Å². The third-order valence-corrected chi connectivity index (χ3v) is 8.39. The quantitative estimate of drug-likeness (QED) is 0.296. The molecule has 2 bridgehead atoms. The van der Waals surface area contributed by atoms with Crippen LogP contribution in [0.5, 0.6) is 0 Å². The molecule has 0 amide bonds. The smallest absolute Gasteiger partial charge is 0.510 e. The van der Waals surface area contributed by atoms with Crippen molar-refractivity contribution in [3.63, 3.8) is 0 Å². The molecule has 1 spiro atoms. The number of rotatable bonds is 8. The molecule has 2 unspecified atom stereocenters. The molecule has 7 nitrogen and oxygen atoms in total. The first-order valence-electron chi connectivity index (χ1n) is 13.2. The molecule has 3 heterocycles. The Labute approximate surface area is 225 Å². The molecule has 0 radical (unpaired) electrons. The normalized spacial score (nSPS) is 23.8. The fourth-order valence-electron chi connectivity index (χ4n) is 6.84. The zero-order valence-corrected chi connectivity index (χ0v) is 22.1. The largest absolute Gasteiger partial charge is 1.00 e. The van der Waals surface area contributed by atoms with Gasteiger partial charge in [0.2, 0.25) is 5.60 Å². The number of quaternary nitrogens is 1. The molecule has 3 aliphatic heterocycles. The second-order valence-electron chi connectivity index (χ2n) is 10.1. The van der Waals surface area contributed by atoms with Crippen LogP contribution < -0.4 is 12.4 Å². The van der Waals surface area contributed by atoms with Crippen LogP contribution in [0.2, 0.25) is 0 Å². The lowest BCUT2D eigenvalue weighted by atomic mass is 9.85. The number of esters is 1. The lowest BCUT2D eigenvalue weighted by molar-refractivity contribution is -0.956. The topological polar surface area (TPSA) is 71.1 Å². The summed E-state index contributed by atoms with van der Waals surface area (Å²) in [7, 11) is 0. The van der Waals surface area contributed by atoms with E-state index in [0.717, 1.165) is 12.8 Å². The average Bonchev–Trinajstić information content (AvgIpc) is 3.44. The highest BCUT2D eigenvalue weighted by molar-refractivity contribution is 5.86. The maximum atomic E-state index is 14.2. The molecule has 37 heavy (non-hydrogen) atoms. The van der Waals surface area contributed by atoms with Gasteiger partial charge in [0.1, 0.15) is 6.10 Å². The summed E-state index contributed by atoms with van der Waals surface area (Å²) >= 11 is 0. The first kappa shape index (κ1) is 27.4. The molecule has 0 N–H and O–H groups in total. The molecular weight excluding hydrogens is 494 g/mol. The summed E-state index contributed by atoms with van der Waals surface area (Å²) in [6.07, 6.45) is 5.82. The van der Waals surface area contributed by atoms with Gasteiger partial charge < -0.3 is 35.8 Å². The highest BCUT2D eigenvalue weighted by Crippen LogP contribution is 2.47. The minimum atomic E-state index is -1.58. The van der Waals surface area contributed by atoms with Gasteiger partial charge in [-0.2, -0.15) is 0 Å². The number of carbonyl (C=O) groups excluding carboxylic acids is 2. The molecular formula is C29H36ClNO6. The van der Waals surface area contributed by atoms with Crippen molar-refractivity contribution in [2.75, 3.05) is 26.5 Å². The highest BCUT2D eigenvalue weighted by atomic mass is 35.5. The predicted octanol–water partition coefficient (Wildman–Crippen LogP) is 1.93. The Balaban J connectivity index is 0.00000320. The summed E-state index contributed by atoms with van der Waals surface area (Å²) in [5.41, 5.74) is -0.336. The van der Waals surface area contributed by atoms with Gasteiger partial charge in [-0.1, -0.05) is 60.7 Å². The number of piperidine rings is 1. The molecule has 2 atom stereocenters. The summed E-state index contributed by atoms with van der Waals surface area (Å²) in [5.74, 6) is -0.480. The second kappa shape index (κ2) is 11.8. The minimum Gasteiger partial charge on any atom is -1.00 e. The second-order valence-corrected chi connectivity index (χ2v) is 10.1.